The third-order valence-corrected chi connectivity index (χ3v) is 8.93. The van der Waals surface area contributed by atoms with Crippen molar-refractivity contribution < 1.29 is 4.79 Å². The van der Waals surface area contributed by atoms with Crippen LogP contribution < -0.4 is 5.32 Å². The summed E-state index contributed by atoms with van der Waals surface area (Å²) < 4.78 is 0. The summed E-state index contributed by atoms with van der Waals surface area (Å²) in [6.07, 6.45) is 3.76. The maximum Gasteiger partial charge on any atom is 0.235 e. The van der Waals surface area contributed by atoms with Gasteiger partial charge in [0.1, 0.15) is 22.2 Å². The first kappa shape index (κ1) is 24.5. The van der Waals surface area contributed by atoms with Crippen LogP contribution in [-0.2, 0) is 37.1 Å². The number of fused-ring (bicyclic) bond motifs is 2. The molecule has 8 heteroatoms. The van der Waals surface area contributed by atoms with Crippen LogP contribution in [0.15, 0.2) is 41.4 Å². The molecule has 2 aromatic heterocycles. The van der Waals surface area contributed by atoms with Gasteiger partial charge >= 0.3 is 0 Å². The van der Waals surface area contributed by atoms with Gasteiger partial charge in [0.15, 0.2) is 0 Å². The van der Waals surface area contributed by atoms with Gasteiger partial charge in [0.25, 0.3) is 0 Å². The van der Waals surface area contributed by atoms with Crippen LogP contribution in [0.1, 0.15) is 51.7 Å². The standard InChI is InChI=1S/C28H27N5OS2/c1-18-7-8-24-20(11-18)12-21(13-29)27(31-24)35-17-26(34)32-28-23(14-30)22-9-10-33(16-25(22)36-28)15-19-5-3-2-4-6-19/h2-6,12,18H,7-11,15-17H2,1H3,(H,32,34). The molecule has 6 nitrogen and oxygen atoms in total. The van der Waals surface area contributed by atoms with Gasteiger partial charge in [-0.3, -0.25) is 9.69 Å². The Morgan fingerprint density at radius 3 is 2.86 bits per heavy atom. The van der Waals surface area contributed by atoms with Crippen molar-refractivity contribution in [3.63, 3.8) is 0 Å². The Morgan fingerprint density at radius 2 is 2.08 bits per heavy atom. The van der Waals surface area contributed by atoms with E-state index in [9.17, 15) is 15.3 Å². The number of benzene rings is 1. The molecular weight excluding hydrogens is 486 g/mol. The average Bonchev–Trinajstić information content (AvgIpc) is 3.23. The summed E-state index contributed by atoms with van der Waals surface area (Å²) in [7, 11) is 0. The molecule has 0 spiro atoms. The number of nitriles is 2. The van der Waals surface area contributed by atoms with Gasteiger partial charge in [-0.25, -0.2) is 4.98 Å². The highest BCUT2D eigenvalue weighted by atomic mass is 32.2. The quantitative estimate of drug-likeness (QED) is 0.450. The van der Waals surface area contributed by atoms with Gasteiger partial charge in [-0.1, -0.05) is 49.0 Å². The lowest BCUT2D eigenvalue weighted by Crippen LogP contribution is -2.29. The molecule has 182 valence electrons. The van der Waals surface area contributed by atoms with Gasteiger partial charge in [0.05, 0.1) is 16.9 Å². The van der Waals surface area contributed by atoms with Gasteiger partial charge in [0.2, 0.25) is 5.91 Å². The lowest BCUT2D eigenvalue weighted by molar-refractivity contribution is -0.113. The Balaban J connectivity index is 1.25. The van der Waals surface area contributed by atoms with E-state index in [-0.39, 0.29) is 11.7 Å². The number of thiophene rings is 1. The number of thioether (sulfide) groups is 1. The molecule has 3 heterocycles. The highest BCUT2D eigenvalue weighted by Gasteiger charge is 2.26. The monoisotopic (exact) mass is 513 g/mol. The Bertz CT molecular complexity index is 1370. The Hall–Kier alpha value is -3.17. The predicted octanol–water partition coefficient (Wildman–Crippen LogP) is 5.30. The number of rotatable bonds is 6. The van der Waals surface area contributed by atoms with Crippen molar-refractivity contribution in [2.75, 3.05) is 17.6 Å². The number of aromatic nitrogens is 1. The Labute approximate surface area is 220 Å². The fourth-order valence-electron chi connectivity index (χ4n) is 4.95. The number of hydrogen-bond acceptors (Lipinski definition) is 7. The summed E-state index contributed by atoms with van der Waals surface area (Å²) in [4.78, 5) is 21.1. The highest BCUT2D eigenvalue weighted by molar-refractivity contribution is 8.00. The van der Waals surface area contributed by atoms with Gasteiger partial charge < -0.3 is 5.32 Å². The fraction of sp³-hybridized carbons (Fsp3) is 0.357. The van der Waals surface area contributed by atoms with E-state index in [0.717, 1.165) is 67.0 Å². The van der Waals surface area contributed by atoms with E-state index >= 15 is 0 Å². The minimum absolute atomic E-state index is 0.143. The van der Waals surface area contributed by atoms with E-state index in [4.69, 9.17) is 4.98 Å². The molecule has 1 amide bonds. The minimum Gasteiger partial charge on any atom is -0.316 e. The van der Waals surface area contributed by atoms with Crippen LogP contribution in [0.2, 0.25) is 0 Å². The summed E-state index contributed by atoms with van der Waals surface area (Å²) in [6, 6.07) is 16.9. The van der Waals surface area contributed by atoms with Crippen LogP contribution >= 0.6 is 23.1 Å². The third kappa shape index (κ3) is 5.32. The number of hydrogen-bond donors (Lipinski definition) is 1. The van der Waals surface area contributed by atoms with Gasteiger partial charge in [0, 0.05) is 30.2 Å². The van der Waals surface area contributed by atoms with Crippen molar-refractivity contribution in [2.24, 2.45) is 5.92 Å². The number of carbonyl (C=O) groups is 1. The molecule has 2 aliphatic rings. The SMILES string of the molecule is CC1CCc2nc(SCC(=O)Nc3sc4c(c3C#N)CCN(Cc3ccccc3)C4)c(C#N)cc2C1. The molecule has 0 bridgehead atoms. The predicted molar refractivity (Wildman–Crippen MR) is 143 cm³/mol. The molecule has 36 heavy (non-hydrogen) atoms. The van der Waals surface area contributed by atoms with E-state index in [1.54, 1.807) is 0 Å². The van der Waals surface area contributed by atoms with Crippen LogP contribution in [0.25, 0.3) is 0 Å². The van der Waals surface area contributed by atoms with E-state index in [0.29, 0.717) is 27.1 Å². The van der Waals surface area contributed by atoms with E-state index < -0.39 is 0 Å². The first-order valence-corrected chi connectivity index (χ1v) is 14.0. The molecule has 1 aliphatic carbocycles. The second-order valence-corrected chi connectivity index (χ2v) is 11.6. The third-order valence-electron chi connectivity index (χ3n) is 6.81. The Morgan fingerprint density at radius 1 is 1.25 bits per heavy atom. The zero-order chi connectivity index (χ0) is 25.1. The van der Waals surface area contributed by atoms with E-state index in [1.807, 2.05) is 12.1 Å². The van der Waals surface area contributed by atoms with Gasteiger partial charge in [-0.15, -0.1) is 11.3 Å². The summed E-state index contributed by atoms with van der Waals surface area (Å²) in [5, 5.41) is 23.7. The zero-order valence-corrected chi connectivity index (χ0v) is 21.8. The molecule has 1 aromatic carbocycles. The lowest BCUT2D eigenvalue weighted by atomic mass is 9.87. The topological polar surface area (TPSA) is 92.8 Å². The van der Waals surface area contributed by atoms with Crippen LogP contribution in [-0.4, -0.2) is 28.1 Å². The fourth-order valence-corrected chi connectivity index (χ4v) is 6.99. The van der Waals surface area contributed by atoms with Crippen LogP contribution in [0, 0.1) is 28.6 Å². The number of nitrogens with one attached hydrogen (secondary N) is 1. The maximum atomic E-state index is 12.8. The molecule has 5 rings (SSSR count). The smallest absolute Gasteiger partial charge is 0.235 e. The number of nitrogens with zero attached hydrogens (tertiary/aromatic N) is 4. The van der Waals surface area contributed by atoms with E-state index in [2.05, 4.69) is 53.5 Å². The zero-order valence-electron chi connectivity index (χ0n) is 20.2. The normalized spacial score (nSPS) is 16.9. The maximum absolute atomic E-state index is 12.8. The molecule has 1 N–H and O–H groups in total. The van der Waals surface area contributed by atoms with Crippen molar-refractivity contribution in [1.29, 1.82) is 10.5 Å². The molecular formula is C28H27N5OS2. The average molecular weight is 514 g/mol. The summed E-state index contributed by atoms with van der Waals surface area (Å²) in [5.74, 6) is 0.560. The van der Waals surface area contributed by atoms with Crippen molar-refractivity contribution in [1.82, 2.24) is 9.88 Å². The van der Waals surface area contributed by atoms with Crippen LogP contribution in [0.4, 0.5) is 5.00 Å². The number of carbonyl (C=O) groups excluding carboxylic acids is 1. The van der Waals surface area contributed by atoms with Crippen LogP contribution in [0.5, 0.6) is 0 Å². The summed E-state index contributed by atoms with van der Waals surface area (Å²) in [6.45, 7) is 4.75. The number of pyridine rings is 1. The van der Waals surface area contributed by atoms with Gasteiger partial charge in [-0.2, -0.15) is 10.5 Å². The van der Waals surface area contributed by atoms with Crippen molar-refractivity contribution in [3.8, 4) is 12.1 Å². The summed E-state index contributed by atoms with van der Waals surface area (Å²) >= 11 is 2.79. The molecule has 1 unspecified atom stereocenters. The van der Waals surface area contributed by atoms with Crippen molar-refractivity contribution in [3.05, 3.63) is 74.8 Å². The molecule has 0 saturated heterocycles. The lowest BCUT2D eigenvalue weighted by Gasteiger charge is -2.26. The molecule has 3 aromatic rings. The number of anilines is 1. The number of aryl methyl sites for hydroxylation is 1. The largest absolute Gasteiger partial charge is 0.316 e. The second-order valence-electron chi connectivity index (χ2n) is 9.51. The first-order valence-electron chi connectivity index (χ1n) is 12.2. The van der Waals surface area contributed by atoms with Crippen LogP contribution in [0.3, 0.4) is 0 Å². The molecule has 0 radical (unpaired) electrons. The molecule has 1 atom stereocenters. The molecule has 0 fully saturated rings. The highest BCUT2D eigenvalue weighted by Crippen LogP contribution is 2.37. The van der Waals surface area contributed by atoms with E-state index in [1.165, 1.54) is 28.7 Å². The van der Waals surface area contributed by atoms with Gasteiger partial charge in [-0.05, 0) is 54.4 Å². The van der Waals surface area contributed by atoms with Crippen molar-refractivity contribution in [2.45, 2.75) is 50.7 Å². The minimum atomic E-state index is -0.187. The number of amides is 1. The first-order chi connectivity index (χ1) is 17.5. The Kier molecular flexibility index (Phi) is 7.38. The second kappa shape index (κ2) is 10.8. The molecule has 0 saturated carbocycles. The van der Waals surface area contributed by atoms with Crippen molar-refractivity contribution >= 4 is 34.0 Å². The summed E-state index contributed by atoms with van der Waals surface area (Å²) in [5.41, 5.74) is 5.66. The molecule has 1 aliphatic heterocycles.